The molecule has 0 N–H and O–H groups in total. The highest BCUT2D eigenvalue weighted by atomic mass is 15.2. The first-order valence-electron chi connectivity index (χ1n) is 23.3. The number of para-hydroxylation sites is 2. The predicted octanol–water partition coefficient (Wildman–Crippen LogP) is 17.6. The summed E-state index contributed by atoms with van der Waals surface area (Å²) in [6.07, 6.45) is 0. The van der Waals surface area contributed by atoms with Crippen molar-refractivity contribution in [3.8, 4) is 44.5 Å². The van der Waals surface area contributed by atoms with E-state index in [0.29, 0.717) is 6.54 Å². The lowest BCUT2D eigenvalue weighted by Gasteiger charge is -2.32. The minimum absolute atomic E-state index is 0.660. The first kappa shape index (κ1) is 39.4. The van der Waals surface area contributed by atoms with E-state index in [1.54, 1.807) is 0 Å². The van der Waals surface area contributed by atoms with Gasteiger partial charge in [-0.15, -0.1) is 0 Å². The third kappa shape index (κ3) is 6.75. The van der Waals surface area contributed by atoms with Gasteiger partial charge in [0.25, 0.3) is 0 Å². The topological polar surface area (TPSA) is 28.0 Å². The fourth-order valence-corrected chi connectivity index (χ4v) is 10.5. The van der Waals surface area contributed by atoms with Gasteiger partial charge < -0.3 is 4.90 Å². The number of hydrogen-bond donors (Lipinski definition) is 0. The van der Waals surface area contributed by atoms with Gasteiger partial charge in [0.2, 0.25) is 0 Å². The van der Waals surface area contributed by atoms with Crippen molar-refractivity contribution < 1.29 is 0 Å². The lowest BCUT2D eigenvalue weighted by Crippen LogP contribution is -2.33. The van der Waals surface area contributed by atoms with Crippen LogP contribution in [0.15, 0.2) is 247 Å². The molecule has 0 aromatic heterocycles. The second-order valence-corrected chi connectivity index (χ2v) is 17.8. The lowest BCUT2D eigenvalue weighted by atomic mass is 9.84. The van der Waals surface area contributed by atoms with Crippen molar-refractivity contribution in [1.29, 1.82) is 0 Å². The second-order valence-electron chi connectivity index (χ2n) is 17.8. The molecule has 1 aliphatic rings. The van der Waals surface area contributed by atoms with Crippen LogP contribution in [-0.4, -0.2) is 12.6 Å². The summed E-state index contributed by atoms with van der Waals surface area (Å²) in [5, 5.41) is 12.3. The number of hydrogen-bond acceptors (Lipinski definition) is 3. The molecule has 0 unspecified atom stereocenters. The molecule has 12 aromatic rings. The fraction of sp³-hybridized carbons (Fsp3) is 0.0154. The Kier molecular flexibility index (Phi) is 9.40. The zero-order valence-electron chi connectivity index (χ0n) is 37.3. The van der Waals surface area contributed by atoms with E-state index in [2.05, 4.69) is 241 Å². The van der Waals surface area contributed by atoms with Gasteiger partial charge in [0.15, 0.2) is 0 Å². The molecule has 12 aromatic carbocycles. The molecule has 0 fully saturated rings. The zero-order chi connectivity index (χ0) is 45.1. The van der Waals surface area contributed by atoms with Crippen LogP contribution >= 0.6 is 0 Å². The van der Waals surface area contributed by atoms with E-state index in [-0.39, 0.29) is 0 Å². The maximum atomic E-state index is 5.43. The van der Waals surface area contributed by atoms with Crippen LogP contribution in [0.5, 0.6) is 0 Å². The largest absolute Gasteiger partial charge is 0.319 e. The summed E-state index contributed by atoms with van der Waals surface area (Å²) in [6, 6.07) is 86.1. The van der Waals surface area contributed by atoms with E-state index < -0.39 is 0 Å². The number of nitrogens with zero attached hydrogens (tertiary/aromatic N) is 3. The molecule has 0 spiro atoms. The molecule has 13 rings (SSSR count). The van der Waals surface area contributed by atoms with Crippen molar-refractivity contribution in [2.24, 2.45) is 9.98 Å². The van der Waals surface area contributed by atoms with Gasteiger partial charge in [-0.2, -0.15) is 0 Å². The van der Waals surface area contributed by atoms with Crippen molar-refractivity contribution in [1.82, 2.24) is 0 Å². The molecule has 0 saturated carbocycles. The minimum Gasteiger partial charge on any atom is -0.319 e. The Morgan fingerprint density at radius 3 is 1.40 bits per heavy atom. The average Bonchev–Trinajstić information content (AvgIpc) is 3.41. The average molecular weight is 866 g/mol. The number of fused-ring (bicyclic) bond motifs is 6. The molecule has 3 heteroatoms. The highest BCUT2D eigenvalue weighted by Gasteiger charge is 2.25. The Bertz CT molecular complexity index is 4030. The Balaban J connectivity index is 0.923. The molecule has 318 valence electrons. The molecule has 3 nitrogen and oxygen atoms in total. The van der Waals surface area contributed by atoms with Gasteiger partial charge in [-0.3, -0.25) is 4.99 Å². The van der Waals surface area contributed by atoms with Crippen LogP contribution in [0.2, 0.25) is 0 Å². The Labute approximate surface area is 395 Å². The van der Waals surface area contributed by atoms with E-state index in [0.717, 1.165) is 45.2 Å². The van der Waals surface area contributed by atoms with Crippen molar-refractivity contribution in [2.75, 3.05) is 4.90 Å². The highest BCUT2D eigenvalue weighted by Crippen LogP contribution is 2.46. The molecule has 68 heavy (non-hydrogen) atoms. The third-order valence-corrected chi connectivity index (χ3v) is 13.9. The summed E-state index contributed by atoms with van der Waals surface area (Å²) in [4.78, 5) is 12.1. The maximum Gasteiger partial charge on any atom is 0.141 e. The van der Waals surface area contributed by atoms with Gasteiger partial charge in [0.05, 0.1) is 23.6 Å². The van der Waals surface area contributed by atoms with Gasteiger partial charge in [-0.1, -0.05) is 194 Å². The summed E-state index contributed by atoms with van der Waals surface area (Å²) in [7, 11) is 0. The number of anilines is 1. The first-order valence-corrected chi connectivity index (χ1v) is 23.3. The van der Waals surface area contributed by atoms with E-state index in [1.165, 1.54) is 87.2 Å². The molecular formula is C65H43N3. The smallest absolute Gasteiger partial charge is 0.141 e. The number of rotatable bonds is 7. The van der Waals surface area contributed by atoms with Crippen molar-refractivity contribution in [2.45, 2.75) is 6.54 Å². The zero-order valence-corrected chi connectivity index (χ0v) is 37.3. The van der Waals surface area contributed by atoms with Crippen LogP contribution < -0.4 is 4.90 Å². The maximum absolute atomic E-state index is 5.43. The molecule has 0 amide bonds. The molecule has 1 aliphatic heterocycles. The van der Waals surface area contributed by atoms with Crippen molar-refractivity contribution in [3.05, 3.63) is 248 Å². The first-order chi connectivity index (χ1) is 33.6. The molecular weight excluding hydrogens is 823 g/mol. The van der Waals surface area contributed by atoms with Gasteiger partial charge in [0, 0.05) is 5.56 Å². The van der Waals surface area contributed by atoms with Gasteiger partial charge in [-0.25, -0.2) is 4.99 Å². The molecule has 0 aliphatic carbocycles. The van der Waals surface area contributed by atoms with Crippen LogP contribution in [0.4, 0.5) is 17.1 Å². The number of aliphatic imine (C=N–C) groups is 2. The van der Waals surface area contributed by atoms with Gasteiger partial charge in [-0.05, 0) is 153 Å². The monoisotopic (exact) mass is 865 g/mol. The molecule has 0 radical (unpaired) electrons. The van der Waals surface area contributed by atoms with E-state index in [1.807, 2.05) is 12.1 Å². The van der Waals surface area contributed by atoms with Crippen LogP contribution in [0.25, 0.3) is 98.4 Å². The predicted molar refractivity (Wildman–Crippen MR) is 290 cm³/mol. The van der Waals surface area contributed by atoms with E-state index in [4.69, 9.17) is 4.99 Å². The van der Waals surface area contributed by atoms with Crippen LogP contribution in [0.3, 0.4) is 0 Å². The summed E-state index contributed by atoms with van der Waals surface area (Å²) < 4.78 is 0. The van der Waals surface area contributed by atoms with Crippen LogP contribution in [0, 0.1) is 0 Å². The third-order valence-electron chi connectivity index (χ3n) is 13.9. The van der Waals surface area contributed by atoms with Crippen LogP contribution in [0.1, 0.15) is 11.1 Å². The summed E-state index contributed by atoms with van der Waals surface area (Å²) in [5.41, 5.74) is 14.6. The van der Waals surface area contributed by atoms with Crippen LogP contribution in [-0.2, 0) is 6.54 Å². The number of amidine groups is 1. The van der Waals surface area contributed by atoms with Crippen molar-refractivity contribution >= 4 is 83.5 Å². The molecule has 0 saturated heterocycles. The standard InChI is InChI=1S/C65H43N3/c1-66-60-20-10-11-21-62(60)68-41-55-33-29-51(40-61(55)67-65(68)54-32-28-44-14-4-7-17-49(44)38-54)46-24-22-45(23-25-46)50-34-35-58-59(39-50)64(53-31-27-43-13-3-6-16-48(43)37-53)57-19-9-8-18-56(57)63(58)52-30-26-42-12-2-5-15-47(42)36-52/h2-40H,1,41H2. The minimum atomic E-state index is 0.660. The normalized spacial score (nSPS) is 12.5. The lowest BCUT2D eigenvalue weighted by molar-refractivity contribution is 0.978. The second kappa shape index (κ2) is 16.2. The Hall–Kier alpha value is -8.92. The SMILES string of the molecule is C=Nc1ccccc1N1Cc2ccc(-c3ccc(-c4ccc5c(-c6ccc7ccccc7c6)c6ccccc6c(-c6ccc7ccccc7c6)c5c4)cc3)cc2N=C1c1ccc2ccccc2c1. The van der Waals surface area contributed by atoms with Gasteiger partial charge >= 0.3 is 0 Å². The quantitative estimate of drug-likeness (QED) is 0.116. The molecule has 0 atom stereocenters. The Morgan fingerprint density at radius 1 is 0.353 bits per heavy atom. The van der Waals surface area contributed by atoms with Gasteiger partial charge in [0.1, 0.15) is 5.84 Å². The summed E-state index contributed by atoms with van der Waals surface area (Å²) in [5.74, 6) is 0.891. The molecule has 0 bridgehead atoms. The summed E-state index contributed by atoms with van der Waals surface area (Å²) in [6.45, 7) is 4.56. The van der Waals surface area contributed by atoms with Crippen molar-refractivity contribution in [3.63, 3.8) is 0 Å². The molecule has 1 heterocycles. The fourth-order valence-electron chi connectivity index (χ4n) is 10.5. The summed E-state index contributed by atoms with van der Waals surface area (Å²) >= 11 is 0. The highest BCUT2D eigenvalue weighted by molar-refractivity contribution is 6.23. The Morgan fingerprint density at radius 2 is 0.794 bits per heavy atom. The van der Waals surface area contributed by atoms with E-state index >= 15 is 0 Å². The van der Waals surface area contributed by atoms with E-state index in [9.17, 15) is 0 Å². The number of benzene rings is 12.